The van der Waals surface area contributed by atoms with Crippen molar-refractivity contribution in [3.05, 3.63) is 105 Å². The molecule has 2 aromatic carbocycles. The number of halogens is 1. The normalized spacial score (nSPS) is 11.4. The number of Topliss-reactive ketones (excluding diaryl/α,β-unsaturated/α-hetero) is 1. The number of pyridine rings is 1. The molecule has 3 N–H and O–H groups in total. The van der Waals surface area contributed by atoms with Crippen molar-refractivity contribution in [2.45, 2.75) is 25.9 Å². The molecule has 1 atom stereocenters. The van der Waals surface area contributed by atoms with Gasteiger partial charge in [0.05, 0.1) is 0 Å². The van der Waals surface area contributed by atoms with Crippen LogP contribution in [0.1, 0.15) is 27.2 Å². The minimum atomic E-state index is -1.15. The predicted octanol–water partition coefficient (Wildman–Crippen LogP) is 2.05. The van der Waals surface area contributed by atoms with E-state index in [2.05, 4.69) is 15.6 Å². The second-order valence-electron chi connectivity index (χ2n) is 7.27. The number of carbonyl (C=O) groups is 3. The maximum atomic E-state index is 13.0. The summed E-state index contributed by atoms with van der Waals surface area (Å²) >= 11 is 0. The zero-order chi connectivity index (χ0) is 23.1. The van der Waals surface area contributed by atoms with Gasteiger partial charge in [-0.1, -0.05) is 48.5 Å². The van der Waals surface area contributed by atoms with Crippen LogP contribution in [0.15, 0.2) is 71.5 Å². The van der Waals surface area contributed by atoms with Crippen LogP contribution in [0.3, 0.4) is 0 Å². The Kier molecular flexibility index (Phi) is 7.28. The van der Waals surface area contributed by atoms with Gasteiger partial charge in [0.2, 0.25) is 11.3 Å². The molecular formula is C24H22FN3O4. The van der Waals surface area contributed by atoms with Crippen LogP contribution in [-0.4, -0.2) is 28.6 Å². The molecule has 0 spiro atoms. The van der Waals surface area contributed by atoms with Gasteiger partial charge in [-0.15, -0.1) is 0 Å². The smallest absolute Gasteiger partial charge is 0.289 e. The summed E-state index contributed by atoms with van der Waals surface area (Å²) in [5.41, 5.74) is 1.46. The minimum Gasteiger partial charge on any atom is -0.345 e. The highest BCUT2D eigenvalue weighted by Gasteiger charge is 2.28. The van der Waals surface area contributed by atoms with Crippen molar-refractivity contribution in [1.29, 1.82) is 0 Å². The molecule has 7 nitrogen and oxygen atoms in total. The molecule has 164 valence electrons. The van der Waals surface area contributed by atoms with Crippen LogP contribution in [0.4, 0.5) is 4.39 Å². The fraction of sp³-hybridized carbons (Fsp3) is 0.167. The number of hydrogen-bond donors (Lipinski definition) is 3. The first-order valence-corrected chi connectivity index (χ1v) is 9.94. The van der Waals surface area contributed by atoms with Gasteiger partial charge in [-0.2, -0.15) is 0 Å². The minimum absolute atomic E-state index is 0.0232. The molecule has 1 aromatic heterocycles. The number of H-pyrrole nitrogens is 1. The molecule has 1 heterocycles. The van der Waals surface area contributed by atoms with Crippen LogP contribution in [0.5, 0.6) is 0 Å². The van der Waals surface area contributed by atoms with Crippen molar-refractivity contribution < 1.29 is 18.8 Å². The second-order valence-corrected chi connectivity index (χ2v) is 7.27. The topological polar surface area (TPSA) is 108 Å². The number of rotatable bonds is 8. The van der Waals surface area contributed by atoms with Gasteiger partial charge in [-0.25, -0.2) is 4.39 Å². The molecule has 0 bridgehead atoms. The maximum absolute atomic E-state index is 13.0. The van der Waals surface area contributed by atoms with Gasteiger partial charge in [0, 0.05) is 19.0 Å². The lowest BCUT2D eigenvalue weighted by Gasteiger charge is -2.18. The van der Waals surface area contributed by atoms with Crippen molar-refractivity contribution in [3.8, 4) is 0 Å². The van der Waals surface area contributed by atoms with E-state index >= 15 is 0 Å². The predicted molar refractivity (Wildman–Crippen MR) is 116 cm³/mol. The lowest BCUT2D eigenvalue weighted by molar-refractivity contribution is -0.139. The zero-order valence-corrected chi connectivity index (χ0v) is 17.4. The van der Waals surface area contributed by atoms with Crippen molar-refractivity contribution in [2.75, 3.05) is 0 Å². The van der Waals surface area contributed by atoms with Gasteiger partial charge >= 0.3 is 0 Å². The Morgan fingerprint density at radius 2 is 1.62 bits per heavy atom. The van der Waals surface area contributed by atoms with E-state index in [1.165, 1.54) is 36.4 Å². The maximum Gasteiger partial charge on any atom is 0.289 e. The van der Waals surface area contributed by atoms with Crippen LogP contribution in [0.2, 0.25) is 0 Å². The molecule has 0 saturated carbocycles. The molecular weight excluding hydrogens is 413 g/mol. The molecule has 0 saturated heterocycles. The summed E-state index contributed by atoms with van der Waals surface area (Å²) in [7, 11) is 0. The summed E-state index contributed by atoms with van der Waals surface area (Å²) in [4.78, 5) is 52.2. The number of amides is 2. The first-order chi connectivity index (χ1) is 15.3. The highest BCUT2D eigenvalue weighted by Crippen LogP contribution is 2.08. The summed E-state index contributed by atoms with van der Waals surface area (Å²) in [5, 5.41) is 5.07. The number of benzene rings is 2. The average molecular weight is 435 g/mol. The molecule has 0 aliphatic rings. The van der Waals surface area contributed by atoms with Crippen LogP contribution in [-0.2, 0) is 22.6 Å². The Hall–Kier alpha value is -4.07. The van der Waals surface area contributed by atoms with Crippen molar-refractivity contribution in [2.24, 2.45) is 0 Å². The monoisotopic (exact) mass is 435 g/mol. The third-order valence-electron chi connectivity index (χ3n) is 4.85. The number of nitrogens with one attached hydrogen (secondary N) is 3. The van der Waals surface area contributed by atoms with Crippen LogP contribution in [0, 0.1) is 12.7 Å². The lowest BCUT2D eigenvalue weighted by Crippen LogP contribution is -2.49. The fourth-order valence-corrected chi connectivity index (χ4v) is 3.10. The van der Waals surface area contributed by atoms with Gasteiger partial charge < -0.3 is 15.6 Å². The van der Waals surface area contributed by atoms with Crippen LogP contribution < -0.4 is 16.2 Å². The highest BCUT2D eigenvalue weighted by molar-refractivity contribution is 6.38. The number of aryl methyl sites for hydroxylation is 1. The Balaban J connectivity index is 1.76. The number of aromatic nitrogens is 1. The summed E-state index contributed by atoms with van der Waals surface area (Å²) < 4.78 is 13.0. The van der Waals surface area contributed by atoms with E-state index in [9.17, 15) is 23.6 Å². The van der Waals surface area contributed by atoms with Crippen molar-refractivity contribution in [3.63, 3.8) is 0 Å². The number of carbonyl (C=O) groups excluding carboxylic acids is 3. The van der Waals surface area contributed by atoms with E-state index in [1.807, 2.05) is 6.07 Å². The number of aromatic amines is 1. The van der Waals surface area contributed by atoms with E-state index in [4.69, 9.17) is 0 Å². The fourth-order valence-electron chi connectivity index (χ4n) is 3.10. The van der Waals surface area contributed by atoms with Crippen LogP contribution >= 0.6 is 0 Å². The Morgan fingerprint density at radius 3 is 2.31 bits per heavy atom. The molecule has 8 heteroatoms. The molecule has 0 radical (unpaired) electrons. The molecule has 2 amide bonds. The van der Waals surface area contributed by atoms with E-state index in [-0.39, 0.29) is 18.7 Å². The van der Waals surface area contributed by atoms with Crippen LogP contribution in [0.25, 0.3) is 0 Å². The number of ketones is 1. The van der Waals surface area contributed by atoms with E-state index in [0.29, 0.717) is 11.1 Å². The Morgan fingerprint density at radius 1 is 0.938 bits per heavy atom. The van der Waals surface area contributed by atoms with Gasteiger partial charge in [0.15, 0.2) is 0 Å². The average Bonchev–Trinajstić information content (AvgIpc) is 2.79. The van der Waals surface area contributed by atoms with Crippen molar-refractivity contribution >= 4 is 17.6 Å². The largest absolute Gasteiger partial charge is 0.345 e. The van der Waals surface area contributed by atoms with Gasteiger partial charge in [0.1, 0.15) is 17.6 Å². The quantitative estimate of drug-likeness (QED) is 0.471. The number of hydrogen-bond acceptors (Lipinski definition) is 4. The summed E-state index contributed by atoms with van der Waals surface area (Å²) in [6.45, 7) is 1.68. The Labute approximate surface area is 183 Å². The van der Waals surface area contributed by atoms with E-state index in [1.54, 1.807) is 31.2 Å². The third-order valence-corrected chi connectivity index (χ3v) is 4.85. The summed E-state index contributed by atoms with van der Waals surface area (Å²) in [5.74, 6) is -2.79. The summed E-state index contributed by atoms with van der Waals surface area (Å²) in [6, 6.07) is 16.1. The van der Waals surface area contributed by atoms with Gasteiger partial charge in [-0.05, 0) is 35.7 Å². The molecule has 0 fully saturated rings. The zero-order valence-electron chi connectivity index (χ0n) is 17.4. The molecule has 0 unspecified atom stereocenters. The standard InChI is InChI=1S/C24H22FN3O4/c1-15-7-12-20(29)28-21(15)23(31)27-19(13-16-5-3-2-4-6-16)22(30)24(32)26-14-17-8-10-18(25)11-9-17/h2-12,19H,13-14H2,1H3,(H,26,32)(H,27,31)(H,28,29)/t19-/m0/s1. The summed E-state index contributed by atoms with van der Waals surface area (Å²) in [6.07, 6.45) is 0.0888. The molecule has 32 heavy (non-hydrogen) atoms. The second kappa shape index (κ2) is 10.3. The van der Waals surface area contributed by atoms with E-state index < -0.39 is 35.0 Å². The highest BCUT2D eigenvalue weighted by atomic mass is 19.1. The first kappa shape index (κ1) is 22.6. The molecule has 0 aliphatic carbocycles. The van der Waals surface area contributed by atoms with Gasteiger partial charge in [-0.3, -0.25) is 19.2 Å². The third kappa shape index (κ3) is 5.98. The van der Waals surface area contributed by atoms with E-state index in [0.717, 1.165) is 5.56 Å². The SMILES string of the molecule is Cc1ccc(=O)[nH]c1C(=O)N[C@@H](Cc1ccccc1)C(=O)C(=O)NCc1ccc(F)cc1. The van der Waals surface area contributed by atoms with Gasteiger partial charge in [0.25, 0.3) is 11.8 Å². The molecule has 3 rings (SSSR count). The molecule has 0 aliphatic heterocycles. The molecule has 3 aromatic rings. The Bertz CT molecular complexity index is 1170. The first-order valence-electron chi connectivity index (χ1n) is 9.94. The lowest BCUT2D eigenvalue weighted by atomic mass is 10.0. The van der Waals surface area contributed by atoms with Crippen molar-refractivity contribution in [1.82, 2.24) is 15.6 Å².